The van der Waals surface area contributed by atoms with Crippen molar-refractivity contribution < 1.29 is 14.6 Å². The molecule has 6 nitrogen and oxygen atoms in total. The van der Waals surface area contributed by atoms with Gasteiger partial charge in [-0.2, -0.15) is 0 Å². The molecule has 3 N–H and O–H groups in total. The Morgan fingerprint density at radius 3 is 2.43 bits per heavy atom. The van der Waals surface area contributed by atoms with E-state index in [-0.39, 0.29) is 17.9 Å². The topological polar surface area (TPSA) is 79.0 Å². The zero-order valence-electron chi connectivity index (χ0n) is 14.5. The number of hydrogen-bond acceptors (Lipinski definition) is 5. The Morgan fingerprint density at radius 2 is 1.87 bits per heavy atom. The average molecular weight is 327 g/mol. The molecule has 134 valence electrons. The molecule has 1 amide bonds. The van der Waals surface area contributed by atoms with Gasteiger partial charge in [-0.15, -0.1) is 0 Å². The second-order valence-corrected chi connectivity index (χ2v) is 7.05. The van der Waals surface area contributed by atoms with E-state index in [9.17, 15) is 9.90 Å². The van der Waals surface area contributed by atoms with E-state index in [0.29, 0.717) is 12.3 Å². The van der Waals surface area contributed by atoms with Crippen molar-refractivity contribution in [2.45, 2.75) is 32.6 Å². The molecule has 1 spiro atoms. The number of nitrogens with two attached hydrogens (primary N) is 1. The molecule has 0 aromatic rings. The lowest BCUT2D eigenvalue weighted by molar-refractivity contribution is -0.118. The number of aliphatic hydroxyl groups excluding tert-OH is 1. The molecule has 0 aromatic heterocycles. The van der Waals surface area contributed by atoms with Crippen LogP contribution >= 0.6 is 0 Å². The standard InChI is InChI=1S/C17H33N3O3/c1-2-23-12-11-19-8-4-17(5-9-19)6-10-20(7-3-16(18)22)13-15(17)14-21/h15,21H,2-14H2,1H3,(H2,18,22). The molecule has 0 radical (unpaired) electrons. The summed E-state index contributed by atoms with van der Waals surface area (Å²) < 4.78 is 5.45. The number of carbonyl (C=O) groups is 1. The zero-order valence-corrected chi connectivity index (χ0v) is 14.5. The zero-order chi connectivity index (χ0) is 16.7. The fourth-order valence-electron chi connectivity index (χ4n) is 4.12. The predicted molar refractivity (Wildman–Crippen MR) is 90.0 cm³/mol. The summed E-state index contributed by atoms with van der Waals surface area (Å²) in [6.45, 7) is 9.72. The molecule has 1 atom stereocenters. The van der Waals surface area contributed by atoms with Gasteiger partial charge in [0, 0.05) is 45.2 Å². The highest BCUT2D eigenvalue weighted by Crippen LogP contribution is 2.45. The van der Waals surface area contributed by atoms with Crippen molar-refractivity contribution in [3.8, 4) is 0 Å². The van der Waals surface area contributed by atoms with Crippen molar-refractivity contribution in [1.82, 2.24) is 9.80 Å². The molecular formula is C17H33N3O3. The molecule has 6 heteroatoms. The van der Waals surface area contributed by atoms with E-state index in [4.69, 9.17) is 10.5 Å². The van der Waals surface area contributed by atoms with Crippen molar-refractivity contribution in [2.75, 3.05) is 59.1 Å². The maximum absolute atomic E-state index is 11.0. The molecule has 0 aromatic carbocycles. The lowest BCUT2D eigenvalue weighted by atomic mass is 9.64. The molecule has 23 heavy (non-hydrogen) atoms. The summed E-state index contributed by atoms with van der Waals surface area (Å²) in [6, 6.07) is 0. The Balaban J connectivity index is 1.82. The van der Waals surface area contributed by atoms with Crippen LogP contribution in [0.15, 0.2) is 0 Å². The fraction of sp³-hybridized carbons (Fsp3) is 0.941. The van der Waals surface area contributed by atoms with E-state index in [1.165, 1.54) is 0 Å². The maximum atomic E-state index is 11.0. The van der Waals surface area contributed by atoms with Gasteiger partial charge in [-0.3, -0.25) is 4.79 Å². The van der Waals surface area contributed by atoms with Crippen LogP contribution < -0.4 is 5.73 Å². The largest absolute Gasteiger partial charge is 0.396 e. The molecule has 2 aliphatic heterocycles. The third-order valence-corrected chi connectivity index (χ3v) is 5.77. The Kier molecular flexibility index (Phi) is 7.27. The molecule has 2 fully saturated rings. The highest BCUT2D eigenvalue weighted by molar-refractivity contribution is 5.73. The molecule has 0 bridgehead atoms. The van der Waals surface area contributed by atoms with E-state index in [1.807, 2.05) is 6.92 Å². The number of ether oxygens (including phenoxy) is 1. The molecule has 0 saturated carbocycles. The van der Waals surface area contributed by atoms with Gasteiger partial charge in [0.25, 0.3) is 0 Å². The maximum Gasteiger partial charge on any atom is 0.218 e. The van der Waals surface area contributed by atoms with Crippen LogP contribution in [-0.2, 0) is 9.53 Å². The molecule has 2 rings (SSSR count). The van der Waals surface area contributed by atoms with Gasteiger partial charge in [0.2, 0.25) is 5.91 Å². The average Bonchev–Trinajstić information content (AvgIpc) is 2.56. The van der Waals surface area contributed by atoms with Crippen molar-refractivity contribution >= 4 is 5.91 Å². The van der Waals surface area contributed by atoms with Crippen molar-refractivity contribution in [3.63, 3.8) is 0 Å². The van der Waals surface area contributed by atoms with Crippen molar-refractivity contribution in [2.24, 2.45) is 17.1 Å². The summed E-state index contributed by atoms with van der Waals surface area (Å²) in [6.07, 6.45) is 3.86. The van der Waals surface area contributed by atoms with E-state index >= 15 is 0 Å². The smallest absolute Gasteiger partial charge is 0.218 e. The Bertz CT molecular complexity index is 370. The summed E-state index contributed by atoms with van der Waals surface area (Å²) in [5.41, 5.74) is 5.53. The quantitative estimate of drug-likeness (QED) is 0.627. The van der Waals surface area contributed by atoms with Crippen molar-refractivity contribution in [3.05, 3.63) is 0 Å². The van der Waals surface area contributed by atoms with Crippen LogP contribution in [0, 0.1) is 11.3 Å². The Morgan fingerprint density at radius 1 is 1.22 bits per heavy atom. The van der Waals surface area contributed by atoms with Gasteiger partial charge in [-0.05, 0) is 51.2 Å². The molecular weight excluding hydrogens is 294 g/mol. The van der Waals surface area contributed by atoms with Crippen LogP contribution in [0.3, 0.4) is 0 Å². The SMILES string of the molecule is CCOCCN1CCC2(CC1)CCN(CCC(N)=O)CC2CO. The number of rotatable bonds is 8. The normalized spacial score (nSPS) is 25.7. The number of primary amides is 1. The first-order chi connectivity index (χ1) is 11.1. The van der Waals surface area contributed by atoms with Gasteiger partial charge in [0.1, 0.15) is 0 Å². The van der Waals surface area contributed by atoms with Crippen LogP contribution in [0.1, 0.15) is 32.6 Å². The third-order valence-electron chi connectivity index (χ3n) is 5.77. The number of amides is 1. The Labute approximate surface area is 139 Å². The molecule has 0 aliphatic carbocycles. The van der Waals surface area contributed by atoms with Gasteiger partial charge in [-0.1, -0.05) is 0 Å². The van der Waals surface area contributed by atoms with Gasteiger partial charge in [0.05, 0.1) is 6.61 Å². The van der Waals surface area contributed by atoms with Crippen LogP contribution in [0.25, 0.3) is 0 Å². The number of aliphatic hydroxyl groups is 1. The highest BCUT2D eigenvalue weighted by Gasteiger charge is 2.44. The lowest BCUT2D eigenvalue weighted by Gasteiger charge is -2.51. The monoisotopic (exact) mass is 327 g/mol. The van der Waals surface area contributed by atoms with E-state index in [1.54, 1.807) is 0 Å². The summed E-state index contributed by atoms with van der Waals surface area (Å²) in [4.78, 5) is 15.7. The van der Waals surface area contributed by atoms with Gasteiger partial charge < -0.3 is 25.4 Å². The van der Waals surface area contributed by atoms with Crippen LogP contribution in [0.5, 0.6) is 0 Å². The first-order valence-corrected chi connectivity index (χ1v) is 9.01. The van der Waals surface area contributed by atoms with Crippen LogP contribution in [-0.4, -0.2) is 79.9 Å². The minimum Gasteiger partial charge on any atom is -0.396 e. The summed E-state index contributed by atoms with van der Waals surface area (Å²) >= 11 is 0. The summed E-state index contributed by atoms with van der Waals surface area (Å²) in [5.74, 6) is 0.0756. The minimum atomic E-state index is -0.242. The molecule has 2 saturated heterocycles. The van der Waals surface area contributed by atoms with Gasteiger partial charge >= 0.3 is 0 Å². The lowest BCUT2D eigenvalue weighted by Crippen LogP contribution is -2.54. The number of nitrogens with zero attached hydrogens (tertiary/aromatic N) is 2. The number of piperidine rings is 2. The fourth-order valence-corrected chi connectivity index (χ4v) is 4.12. The van der Waals surface area contributed by atoms with E-state index < -0.39 is 0 Å². The second-order valence-electron chi connectivity index (χ2n) is 7.05. The van der Waals surface area contributed by atoms with Crippen molar-refractivity contribution in [1.29, 1.82) is 0 Å². The van der Waals surface area contributed by atoms with Crippen LogP contribution in [0.4, 0.5) is 0 Å². The highest BCUT2D eigenvalue weighted by atomic mass is 16.5. The number of hydrogen-bond donors (Lipinski definition) is 2. The predicted octanol–water partition coefficient (Wildman–Crippen LogP) is 0.295. The minimum absolute atomic E-state index is 0.242. The summed E-state index contributed by atoms with van der Waals surface area (Å²) in [5, 5.41) is 9.89. The van der Waals surface area contributed by atoms with E-state index in [2.05, 4.69) is 9.80 Å². The molecule has 2 aliphatic rings. The van der Waals surface area contributed by atoms with Gasteiger partial charge in [-0.25, -0.2) is 0 Å². The first-order valence-electron chi connectivity index (χ1n) is 9.01. The Hall–Kier alpha value is -0.690. The van der Waals surface area contributed by atoms with Gasteiger partial charge in [0.15, 0.2) is 0 Å². The van der Waals surface area contributed by atoms with Crippen LogP contribution in [0.2, 0.25) is 0 Å². The molecule has 1 unspecified atom stereocenters. The number of carbonyl (C=O) groups excluding carboxylic acids is 1. The third kappa shape index (κ3) is 5.14. The second kappa shape index (κ2) is 8.97. The molecule has 2 heterocycles. The first kappa shape index (κ1) is 18.6. The van der Waals surface area contributed by atoms with E-state index in [0.717, 1.165) is 71.7 Å². The summed E-state index contributed by atoms with van der Waals surface area (Å²) in [7, 11) is 0. The number of likely N-dealkylation sites (tertiary alicyclic amines) is 2.